The summed E-state index contributed by atoms with van der Waals surface area (Å²) >= 11 is 0. The molecule has 0 radical (unpaired) electrons. The quantitative estimate of drug-likeness (QED) is 0.688. The highest BCUT2D eigenvalue weighted by atomic mass is 16.7. The molecule has 0 aliphatic rings. The molecule has 17 heavy (non-hydrogen) atoms. The minimum absolute atomic E-state index is 0.197. The number of nitrogens with one attached hydrogen (secondary N) is 1. The van der Waals surface area contributed by atoms with Crippen molar-refractivity contribution in [3.05, 3.63) is 17.5 Å². The summed E-state index contributed by atoms with van der Waals surface area (Å²) in [6.07, 6.45) is -0.482. The fourth-order valence-corrected chi connectivity index (χ4v) is 1.16. The third-order valence-corrected chi connectivity index (χ3v) is 2.03. The van der Waals surface area contributed by atoms with Gasteiger partial charge in [0.25, 0.3) is 5.91 Å². The topological polar surface area (TPSA) is 82.8 Å². The van der Waals surface area contributed by atoms with E-state index in [0.717, 1.165) is 0 Å². The highest BCUT2D eigenvalue weighted by molar-refractivity contribution is 5.92. The highest BCUT2D eigenvalue weighted by Crippen LogP contribution is 2.04. The second kappa shape index (κ2) is 7.00. The van der Waals surface area contributed by atoms with Gasteiger partial charge in [0.05, 0.1) is 6.54 Å². The van der Waals surface area contributed by atoms with E-state index in [4.69, 9.17) is 18.7 Å². The molecule has 1 aromatic rings. The normalized spacial score (nSPS) is 10.8. The van der Waals surface area contributed by atoms with E-state index in [1.807, 2.05) is 0 Å². The van der Waals surface area contributed by atoms with E-state index in [1.165, 1.54) is 27.4 Å². The Morgan fingerprint density at radius 2 is 2.18 bits per heavy atom. The lowest BCUT2D eigenvalue weighted by molar-refractivity contribution is -0.0974. The maximum Gasteiger partial charge on any atom is 0.273 e. The van der Waals surface area contributed by atoms with Gasteiger partial charge in [0.2, 0.25) is 0 Å². The van der Waals surface area contributed by atoms with E-state index in [1.54, 1.807) is 0 Å². The monoisotopic (exact) mass is 244 g/mol. The lowest BCUT2D eigenvalue weighted by Gasteiger charge is -2.12. The molecular formula is C10H16N2O5. The summed E-state index contributed by atoms with van der Waals surface area (Å²) in [7, 11) is 4.52. The fraction of sp³-hybridized carbons (Fsp3) is 0.600. The van der Waals surface area contributed by atoms with E-state index in [9.17, 15) is 4.79 Å². The van der Waals surface area contributed by atoms with E-state index in [2.05, 4.69) is 10.5 Å². The minimum atomic E-state index is -0.482. The second-order valence-electron chi connectivity index (χ2n) is 3.22. The Bertz CT molecular complexity index is 348. The second-order valence-corrected chi connectivity index (χ2v) is 3.22. The maximum absolute atomic E-state index is 11.6. The Balaban J connectivity index is 2.46. The standard InChI is InChI=1S/C10H16N2O5/c1-14-6-7-4-8(12-17-7)10(13)11-5-9(15-2)16-3/h4,9H,5-6H2,1-3H3,(H,11,13). The van der Waals surface area contributed by atoms with Crippen LogP contribution in [0.4, 0.5) is 0 Å². The van der Waals surface area contributed by atoms with Crippen molar-refractivity contribution in [3.63, 3.8) is 0 Å². The van der Waals surface area contributed by atoms with Crippen molar-refractivity contribution in [1.82, 2.24) is 10.5 Å². The number of nitrogens with zero attached hydrogens (tertiary/aromatic N) is 1. The Kier molecular flexibility index (Phi) is 5.61. The molecule has 0 fully saturated rings. The molecule has 1 rings (SSSR count). The van der Waals surface area contributed by atoms with Gasteiger partial charge in [-0.3, -0.25) is 4.79 Å². The number of hydrogen-bond acceptors (Lipinski definition) is 6. The maximum atomic E-state index is 11.6. The van der Waals surface area contributed by atoms with Gasteiger partial charge in [-0.15, -0.1) is 0 Å². The van der Waals surface area contributed by atoms with Gasteiger partial charge in [0.15, 0.2) is 17.7 Å². The average Bonchev–Trinajstić information content (AvgIpc) is 2.79. The molecule has 0 unspecified atom stereocenters. The lowest BCUT2D eigenvalue weighted by atomic mass is 10.3. The first-order chi connectivity index (χ1) is 8.21. The lowest BCUT2D eigenvalue weighted by Crippen LogP contribution is -2.34. The van der Waals surface area contributed by atoms with Crippen LogP contribution in [0.1, 0.15) is 16.2 Å². The van der Waals surface area contributed by atoms with Crippen LogP contribution in [0, 0.1) is 0 Å². The van der Waals surface area contributed by atoms with Gasteiger partial charge in [-0.2, -0.15) is 0 Å². The third kappa shape index (κ3) is 4.14. The first-order valence-corrected chi connectivity index (χ1v) is 4.99. The molecule has 0 bridgehead atoms. The van der Waals surface area contributed by atoms with Crippen LogP contribution >= 0.6 is 0 Å². The molecule has 0 aromatic carbocycles. The average molecular weight is 244 g/mol. The predicted molar refractivity (Wildman–Crippen MR) is 57.4 cm³/mol. The zero-order valence-corrected chi connectivity index (χ0v) is 10.1. The largest absolute Gasteiger partial charge is 0.377 e. The number of rotatable bonds is 7. The minimum Gasteiger partial charge on any atom is -0.377 e. The molecule has 0 saturated heterocycles. The molecule has 1 amide bonds. The van der Waals surface area contributed by atoms with Gasteiger partial charge in [-0.25, -0.2) is 0 Å². The molecule has 0 atom stereocenters. The Morgan fingerprint density at radius 1 is 1.47 bits per heavy atom. The van der Waals surface area contributed by atoms with Crippen molar-refractivity contribution in [1.29, 1.82) is 0 Å². The summed E-state index contributed by atoms with van der Waals surface area (Å²) in [5, 5.41) is 6.22. The van der Waals surface area contributed by atoms with Gasteiger partial charge < -0.3 is 24.1 Å². The van der Waals surface area contributed by atoms with Gasteiger partial charge in [0, 0.05) is 27.4 Å². The zero-order valence-electron chi connectivity index (χ0n) is 10.1. The van der Waals surface area contributed by atoms with Crippen LogP contribution in [0.5, 0.6) is 0 Å². The van der Waals surface area contributed by atoms with Crippen molar-refractivity contribution >= 4 is 5.91 Å². The number of aromatic nitrogens is 1. The summed E-state index contributed by atoms with van der Waals surface area (Å²) in [6, 6.07) is 1.52. The predicted octanol–water partition coefficient (Wildman–Crippen LogP) is 0.170. The van der Waals surface area contributed by atoms with E-state index in [-0.39, 0.29) is 24.8 Å². The van der Waals surface area contributed by atoms with Crippen LogP contribution < -0.4 is 5.32 Å². The van der Waals surface area contributed by atoms with Gasteiger partial charge >= 0.3 is 0 Å². The van der Waals surface area contributed by atoms with Crippen molar-refractivity contribution in [2.24, 2.45) is 0 Å². The van der Waals surface area contributed by atoms with Crippen LogP contribution in [0.25, 0.3) is 0 Å². The zero-order chi connectivity index (χ0) is 12.7. The summed E-state index contributed by atoms with van der Waals surface area (Å²) in [5.41, 5.74) is 0.197. The molecule has 96 valence electrons. The Labute approximate surface area is 99.0 Å². The Hall–Kier alpha value is -1.44. The number of carbonyl (C=O) groups excluding carboxylic acids is 1. The number of hydrogen-bond donors (Lipinski definition) is 1. The molecule has 1 heterocycles. The summed E-state index contributed by atoms with van der Waals surface area (Å²) < 4.78 is 19.6. The first kappa shape index (κ1) is 13.6. The first-order valence-electron chi connectivity index (χ1n) is 4.99. The van der Waals surface area contributed by atoms with Crippen molar-refractivity contribution < 1.29 is 23.5 Å². The summed E-state index contributed by atoms with van der Waals surface area (Å²) in [4.78, 5) is 11.6. The van der Waals surface area contributed by atoms with E-state index < -0.39 is 6.29 Å². The number of carbonyl (C=O) groups is 1. The number of amides is 1. The van der Waals surface area contributed by atoms with Crippen LogP contribution in [-0.4, -0.2) is 45.2 Å². The van der Waals surface area contributed by atoms with Crippen molar-refractivity contribution in [2.45, 2.75) is 12.9 Å². The van der Waals surface area contributed by atoms with E-state index >= 15 is 0 Å². The molecular weight excluding hydrogens is 228 g/mol. The summed E-state index contributed by atoms with van der Waals surface area (Å²) in [5.74, 6) is 0.142. The SMILES string of the molecule is COCc1cc(C(=O)NCC(OC)OC)no1. The molecule has 1 N–H and O–H groups in total. The smallest absolute Gasteiger partial charge is 0.273 e. The van der Waals surface area contributed by atoms with Crippen molar-refractivity contribution in [2.75, 3.05) is 27.9 Å². The number of ether oxygens (including phenoxy) is 3. The fourth-order valence-electron chi connectivity index (χ4n) is 1.16. The van der Waals surface area contributed by atoms with Gasteiger partial charge in [-0.1, -0.05) is 5.16 Å². The van der Waals surface area contributed by atoms with Crippen LogP contribution in [0.2, 0.25) is 0 Å². The van der Waals surface area contributed by atoms with Gasteiger partial charge in [-0.05, 0) is 0 Å². The highest BCUT2D eigenvalue weighted by Gasteiger charge is 2.14. The Morgan fingerprint density at radius 3 is 2.76 bits per heavy atom. The van der Waals surface area contributed by atoms with E-state index in [0.29, 0.717) is 5.76 Å². The molecule has 1 aromatic heterocycles. The number of methoxy groups -OCH3 is 3. The molecule has 0 spiro atoms. The van der Waals surface area contributed by atoms with Crippen LogP contribution in [0.3, 0.4) is 0 Å². The van der Waals surface area contributed by atoms with Crippen LogP contribution in [0.15, 0.2) is 10.6 Å². The van der Waals surface area contributed by atoms with Gasteiger partial charge in [0.1, 0.15) is 6.61 Å². The third-order valence-electron chi connectivity index (χ3n) is 2.03. The molecule has 7 heteroatoms. The van der Waals surface area contributed by atoms with Crippen molar-refractivity contribution in [3.8, 4) is 0 Å². The molecule has 0 saturated carbocycles. The molecule has 0 aliphatic heterocycles. The van der Waals surface area contributed by atoms with Crippen LogP contribution in [-0.2, 0) is 20.8 Å². The molecule has 7 nitrogen and oxygen atoms in total. The summed E-state index contributed by atoms with van der Waals surface area (Å²) in [6.45, 7) is 0.511. The molecule has 0 aliphatic carbocycles.